The van der Waals surface area contributed by atoms with Crippen molar-refractivity contribution in [1.29, 1.82) is 0 Å². The molecule has 0 saturated heterocycles. The minimum atomic E-state index is 0.656. The third kappa shape index (κ3) is 2.79. The van der Waals surface area contributed by atoms with Crippen molar-refractivity contribution in [3.63, 3.8) is 0 Å². The maximum atomic E-state index is 5.76. The Balaban J connectivity index is 2.16. The fourth-order valence-corrected chi connectivity index (χ4v) is 2.43. The summed E-state index contributed by atoms with van der Waals surface area (Å²) < 4.78 is 5.76. The summed E-state index contributed by atoms with van der Waals surface area (Å²) in [4.78, 5) is 4.47. The van der Waals surface area contributed by atoms with E-state index < -0.39 is 0 Å². The van der Waals surface area contributed by atoms with Gasteiger partial charge in [-0.25, -0.2) is 0 Å². The van der Waals surface area contributed by atoms with E-state index in [1.165, 1.54) is 0 Å². The summed E-state index contributed by atoms with van der Waals surface area (Å²) in [5.41, 5.74) is 4.32. The van der Waals surface area contributed by atoms with Crippen molar-refractivity contribution in [2.45, 2.75) is 6.92 Å². The zero-order valence-electron chi connectivity index (χ0n) is 12.0. The van der Waals surface area contributed by atoms with Gasteiger partial charge in [0.15, 0.2) is 0 Å². The van der Waals surface area contributed by atoms with Crippen LogP contribution in [0.1, 0.15) is 6.92 Å². The molecule has 0 amide bonds. The van der Waals surface area contributed by atoms with Gasteiger partial charge in [0.25, 0.3) is 0 Å². The average Bonchev–Trinajstić information content (AvgIpc) is 2.57. The van der Waals surface area contributed by atoms with Crippen molar-refractivity contribution in [3.05, 3.63) is 72.9 Å². The van der Waals surface area contributed by atoms with Crippen LogP contribution in [0.2, 0.25) is 0 Å². The highest BCUT2D eigenvalue weighted by molar-refractivity contribution is 5.84. The number of ether oxygens (including phenoxy) is 1. The minimum absolute atomic E-state index is 0.656. The summed E-state index contributed by atoms with van der Waals surface area (Å²) in [5, 5.41) is 0. The Morgan fingerprint density at radius 2 is 1.43 bits per heavy atom. The molecule has 21 heavy (non-hydrogen) atoms. The van der Waals surface area contributed by atoms with Gasteiger partial charge in [-0.15, -0.1) is 0 Å². The van der Waals surface area contributed by atoms with E-state index in [0.29, 0.717) is 6.61 Å². The molecule has 0 atom stereocenters. The van der Waals surface area contributed by atoms with Crippen LogP contribution in [0.25, 0.3) is 22.4 Å². The van der Waals surface area contributed by atoms with Gasteiger partial charge >= 0.3 is 0 Å². The Kier molecular flexibility index (Phi) is 3.97. The van der Waals surface area contributed by atoms with E-state index in [1.54, 1.807) is 0 Å². The zero-order chi connectivity index (χ0) is 14.5. The van der Waals surface area contributed by atoms with Crippen molar-refractivity contribution < 1.29 is 4.74 Å². The predicted octanol–water partition coefficient (Wildman–Crippen LogP) is 4.81. The molecule has 0 fully saturated rings. The van der Waals surface area contributed by atoms with Gasteiger partial charge in [-0.2, -0.15) is 0 Å². The van der Waals surface area contributed by atoms with Crippen molar-refractivity contribution >= 4 is 0 Å². The number of aromatic nitrogens is 1. The van der Waals surface area contributed by atoms with E-state index in [2.05, 4.69) is 23.2 Å². The van der Waals surface area contributed by atoms with Crippen LogP contribution in [-0.4, -0.2) is 11.6 Å². The molecule has 3 aromatic rings. The molecule has 2 heteroatoms. The van der Waals surface area contributed by atoms with Gasteiger partial charge in [0.05, 0.1) is 12.3 Å². The zero-order valence-corrected chi connectivity index (χ0v) is 12.0. The van der Waals surface area contributed by atoms with Crippen LogP contribution in [0.15, 0.2) is 72.9 Å². The van der Waals surface area contributed by atoms with E-state index in [0.717, 1.165) is 28.1 Å². The van der Waals surface area contributed by atoms with Gasteiger partial charge in [0.2, 0.25) is 0 Å². The number of benzene rings is 2. The molecule has 2 nitrogen and oxygen atoms in total. The van der Waals surface area contributed by atoms with Crippen LogP contribution >= 0.6 is 0 Å². The molecule has 0 aliphatic carbocycles. The molecule has 3 rings (SSSR count). The summed E-state index contributed by atoms with van der Waals surface area (Å²) in [6.07, 6.45) is 1.82. The topological polar surface area (TPSA) is 22.1 Å². The molecule has 0 N–H and O–H groups in total. The number of nitrogens with zero attached hydrogens (tertiary/aromatic N) is 1. The SMILES string of the molecule is CCOc1ccccc1-c1ccccc1-c1ccccn1. The maximum Gasteiger partial charge on any atom is 0.127 e. The second-order valence-corrected chi connectivity index (χ2v) is 4.69. The molecule has 1 aromatic heterocycles. The highest BCUT2D eigenvalue weighted by atomic mass is 16.5. The van der Waals surface area contributed by atoms with Gasteiger partial charge in [-0.1, -0.05) is 48.5 Å². The van der Waals surface area contributed by atoms with Crippen molar-refractivity contribution in [2.24, 2.45) is 0 Å². The van der Waals surface area contributed by atoms with E-state index >= 15 is 0 Å². The molecule has 0 aliphatic rings. The first-order chi connectivity index (χ1) is 10.4. The Hall–Kier alpha value is -2.61. The highest BCUT2D eigenvalue weighted by Gasteiger charge is 2.11. The fourth-order valence-electron chi connectivity index (χ4n) is 2.43. The summed E-state index contributed by atoms with van der Waals surface area (Å²) in [7, 11) is 0. The quantitative estimate of drug-likeness (QED) is 0.681. The largest absolute Gasteiger partial charge is 0.493 e. The van der Waals surface area contributed by atoms with Crippen LogP contribution in [-0.2, 0) is 0 Å². The molecule has 2 aromatic carbocycles. The summed E-state index contributed by atoms with van der Waals surface area (Å²) in [6.45, 7) is 2.66. The molecule has 0 aliphatic heterocycles. The summed E-state index contributed by atoms with van der Waals surface area (Å²) >= 11 is 0. The lowest BCUT2D eigenvalue weighted by Crippen LogP contribution is -1.95. The Bertz CT molecular complexity index is 722. The van der Waals surface area contributed by atoms with E-state index in [-0.39, 0.29) is 0 Å². The van der Waals surface area contributed by atoms with Crippen LogP contribution in [0.3, 0.4) is 0 Å². The Labute approximate surface area is 125 Å². The first-order valence-corrected chi connectivity index (χ1v) is 7.13. The Morgan fingerprint density at radius 3 is 2.14 bits per heavy atom. The lowest BCUT2D eigenvalue weighted by molar-refractivity contribution is 0.341. The lowest BCUT2D eigenvalue weighted by Gasteiger charge is -2.13. The molecule has 0 unspecified atom stereocenters. The van der Waals surface area contributed by atoms with Crippen LogP contribution in [0.4, 0.5) is 0 Å². The average molecular weight is 275 g/mol. The van der Waals surface area contributed by atoms with Gasteiger partial charge in [-0.05, 0) is 30.7 Å². The molecular weight excluding hydrogens is 258 g/mol. The maximum absolute atomic E-state index is 5.76. The van der Waals surface area contributed by atoms with Crippen LogP contribution in [0, 0.1) is 0 Å². The number of pyridine rings is 1. The predicted molar refractivity (Wildman–Crippen MR) is 86.3 cm³/mol. The van der Waals surface area contributed by atoms with Crippen molar-refractivity contribution in [1.82, 2.24) is 4.98 Å². The first-order valence-electron chi connectivity index (χ1n) is 7.13. The number of para-hydroxylation sites is 1. The van der Waals surface area contributed by atoms with Gasteiger partial charge in [-0.3, -0.25) is 4.98 Å². The molecule has 0 spiro atoms. The van der Waals surface area contributed by atoms with Crippen LogP contribution in [0.5, 0.6) is 5.75 Å². The number of hydrogen-bond donors (Lipinski definition) is 0. The third-order valence-electron chi connectivity index (χ3n) is 3.34. The van der Waals surface area contributed by atoms with Crippen molar-refractivity contribution in [2.75, 3.05) is 6.61 Å². The fraction of sp³-hybridized carbons (Fsp3) is 0.105. The molecule has 0 saturated carbocycles. The summed E-state index contributed by atoms with van der Waals surface area (Å²) in [6, 6.07) is 22.4. The summed E-state index contributed by atoms with van der Waals surface area (Å²) in [5.74, 6) is 0.906. The van der Waals surface area contributed by atoms with E-state index in [9.17, 15) is 0 Å². The first kappa shape index (κ1) is 13.4. The van der Waals surface area contributed by atoms with Gasteiger partial charge in [0, 0.05) is 17.3 Å². The highest BCUT2D eigenvalue weighted by Crippen LogP contribution is 2.36. The number of rotatable bonds is 4. The monoisotopic (exact) mass is 275 g/mol. The van der Waals surface area contributed by atoms with E-state index in [1.807, 2.05) is 61.7 Å². The second kappa shape index (κ2) is 6.23. The molecule has 1 heterocycles. The van der Waals surface area contributed by atoms with E-state index in [4.69, 9.17) is 4.74 Å². The molecule has 0 bridgehead atoms. The molecule has 0 radical (unpaired) electrons. The second-order valence-electron chi connectivity index (χ2n) is 4.69. The normalized spacial score (nSPS) is 10.3. The van der Waals surface area contributed by atoms with Crippen molar-refractivity contribution in [3.8, 4) is 28.1 Å². The smallest absolute Gasteiger partial charge is 0.127 e. The standard InChI is InChI=1S/C19H17NO/c1-2-21-19-13-6-5-11-17(19)15-9-3-4-10-16(15)18-12-7-8-14-20-18/h3-14H,2H2,1H3. The third-order valence-corrected chi connectivity index (χ3v) is 3.34. The number of hydrogen-bond acceptors (Lipinski definition) is 2. The van der Waals surface area contributed by atoms with Crippen LogP contribution < -0.4 is 4.74 Å². The minimum Gasteiger partial charge on any atom is -0.493 e. The van der Waals surface area contributed by atoms with Gasteiger partial charge < -0.3 is 4.74 Å². The lowest BCUT2D eigenvalue weighted by atomic mass is 9.96. The Morgan fingerprint density at radius 1 is 0.762 bits per heavy atom. The molecular formula is C19H17NO. The molecule has 104 valence electrons. The van der Waals surface area contributed by atoms with Gasteiger partial charge in [0.1, 0.15) is 5.75 Å².